The van der Waals surface area contributed by atoms with Crippen LogP contribution in [0.15, 0.2) is 83.8 Å². The first-order valence-corrected chi connectivity index (χ1v) is 14.0. The van der Waals surface area contributed by atoms with Gasteiger partial charge in [-0.1, -0.05) is 65.7 Å². The zero-order chi connectivity index (χ0) is 29.0. The van der Waals surface area contributed by atoms with Crippen LogP contribution in [0.2, 0.25) is 10.0 Å². The molecule has 4 N–H and O–H groups in total. The summed E-state index contributed by atoms with van der Waals surface area (Å²) in [5.74, 6) is -1.15. The van der Waals surface area contributed by atoms with Crippen molar-refractivity contribution in [1.29, 1.82) is 5.41 Å². The molecule has 41 heavy (non-hydrogen) atoms. The predicted octanol–water partition coefficient (Wildman–Crippen LogP) is 5.15. The Morgan fingerprint density at radius 1 is 0.976 bits per heavy atom. The molecule has 0 saturated heterocycles. The van der Waals surface area contributed by atoms with Gasteiger partial charge in [0, 0.05) is 27.7 Å². The predicted molar refractivity (Wildman–Crippen MR) is 163 cm³/mol. The number of anilines is 1. The number of amidine groups is 1. The minimum absolute atomic E-state index is 0. The summed E-state index contributed by atoms with van der Waals surface area (Å²) in [5.41, 5.74) is 7.45. The molecule has 0 aromatic heterocycles. The first-order chi connectivity index (χ1) is 19.0. The third-order valence-electron chi connectivity index (χ3n) is 6.04. The number of fused-ring (bicyclic) bond motifs is 1. The maximum Gasteiger partial charge on any atom is 0.326 e. The molecule has 0 atom stereocenters. The van der Waals surface area contributed by atoms with Crippen LogP contribution in [0.5, 0.6) is 0 Å². The van der Waals surface area contributed by atoms with Crippen molar-refractivity contribution in [2.24, 2.45) is 5.73 Å². The number of amides is 1. The Bertz CT molecular complexity index is 1710. The summed E-state index contributed by atoms with van der Waals surface area (Å²) in [5, 5.41) is 11.7. The number of nitrogens with zero attached hydrogens (tertiary/aromatic N) is 1. The molecule has 4 aromatic rings. The maximum atomic E-state index is 13.6. The summed E-state index contributed by atoms with van der Waals surface area (Å²) in [6, 6.07) is 20.6. The van der Waals surface area contributed by atoms with E-state index in [-0.39, 0.29) is 51.3 Å². The summed E-state index contributed by atoms with van der Waals surface area (Å²) in [7, 11) is -3.12. The van der Waals surface area contributed by atoms with Gasteiger partial charge in [0.1, 0.15) is 12.4 Å². The average Bonchev–Trinajstić information content (AvgIpc) is 2.93. The van der Waals surface area contributed by atoms with E-state index in [4.69, 9.17) is 39.1 Å². The van der Waals surface area contributed by atoms with Crippen LogP contribution in [0.4, 0.5) is 5.69 Å². The van der Waals surface area contributed by atoms with Gasteiger partial charge >= 0.3 is 5.97 Å². The van der Waals surface area contributed by atoms with Crippen molar-refractivity contribution in [2.45, 2.75) is 11.4 Å². The molecule has 0 spiro atoms. The van der Waals surface area contributed by atoms with Gasteiger partial charge in [-0.05, 0) is 52.7 Å². The smallest absolute Gasteiger partial charge is 0.326 e. The van der Waals surface area contributed by atoms with E-state index in [9.17, 15) is 18.0 Å². The van der Waals surface area contributed by atoms with Gasteiger partial charge in [0.25, 0.3) is 15.9 Å². The van der Waals surface area contributed by atoms with Gasteiger partial charge in [0.05, 0.1) is 17.7 Å². The third kappa shape index (κ3) is 7.28. The largest absolute Gasteiger partial charge is 0.468 e. The topological polar surface area (TPSA) is 143 Å². The molecule has 9 nitrogen and oxygen atoms in total. The van der Waals surface area contributed by atoms with Crippen molar-refractivity contribution in [2.75, 3.05) is 18.0 Å². The molecule has 0 heterocycles. The lowest BCUT2D eigenvalue weighted by molar-refractivity contribution is -0.138. The summed E-state index contributed by atoms with van der Waals surface area (Å²) in [4.78, 5) is 25.1. The fourth-order valence-electron chi connectivity index (χ4n) is 4.01. The molecule has 13 heteroatoms. The van der Waals surface area contributed by atoms with Crippen molar-refractivity contribution >= 4 is 79.8 Å². The lowest BCUT2D eigenvalue weighted by atomic mass is 10.0. The number of nitrogens with two attached hydrogens (primary N) is 1. The monoisotopic (exact) mass is 634 g/mol. The molecule has 1 amide bonds. The highest BCUT2D eigenvalue weighted by Gasteiger charge is 2.29. The van der Waals surface area contributed by atoms with E-state index < -0.39 is 22.5 Å². The van der Waals surface area contributed by atoms with Crippen LogP contribution in [-0.4, -0.2) is 39.8 Å². The molecule has 4 rings (SSSR count). The van der Waals surface area contributed by atoms with Crippen LogP contribution in [0, 0.1) is 5.41 Å². The highest BCUT2D eigenvalue weighted by Crippen LogP contribution is 2.31. The van der Waals surface area contributed by atoms with Crippen molar-refractivity contribution in [3.8, 4) is 0 Å². The number of rotatable bonds is 9. The number of carbonyl (C=O) groups is 2. The minimum atomic E-state index is -4.28. The number of benzene rings is 4. The summed E-state index contributed by atoms with van der Waals surface area (Å²) in [6.07, 6.45) is 0. The van der Waals surface area contributed by atoms with Crippen LogP contribution in [0.1, 0.15) is 21.5 Å². The first-order valence-electron chi connectivity index (χ1n) is 11.8. The van der Waals surface area contributed by atoms with Crippen LogP contribution in [-0.2, 0) is 26.1 Å². The normalized spacial score (nSPS) is 10.9. The molecule has 0 bridgehead atoms. The number of methoxy groups -OCH3 is 1. The minimum Gasteiger partial charge on any atom is -0.468 e. The van der Waals surface area contributed by atoms with Gasteiger partial charge in [-0.3, -0.25) is 19.3 Å². The van der Waals surface area contributed by atoms with E-state index in [2.05, 4.69) is 5.32 Å². The quantitative estimate of drug-likeness (QED) is 0.132. The fraction of sp³-hybridized carbons (Fsp3) is 0.107. The van der Waals surface area contributed by atoms with Crippen LogP contribution >= 0.6 is 35.6 Å². The highest BCUT2D eigenvalue weighted by molar-refractivity contribution is 7.92. The first kappa shape index (κ1) is 31.7. The Kier molecular flexibility index (Phi) is 10.2. The van der Waals surface area contributed by atoms with Gasteiger partial charge in [0.2, 0.25) is 0 Å². The second-order valence-corrected chi connectivity index (χ2v) is 11.4. The Balaban J connectivity index is 0.00000462. The molecule has 0 saturated carbocycles. The van der Waals surface area contributed by atoms with Gasteiger partial charge < -0.3 is 15.8 Å². The number of ether oxygens (including phenoxy) is 1. The van der Waals surface area contributed by atoms with Crippen LogP contribution in [0.25, 0.3) is 10.8 Å². The van der Waals surface area contributed by atoms with Crippen molar-refractivity contribution in [1.82, 2.24) is 5.32 Å². The third-order valence-corrected chi connectivity index (χ3v) is 8.23. The Hall–Kier alpha value is -3.83. The fourth-order valence-corrected chi connectivity index (χ4v) is 6.13. The summed E-state index contributed by atoms with van der Waals surface area (Å²) < 4.78 is 32.8. The number of sulfonamides is 1. The number of hydrogen-bond donors (Lipinski definition) is 3. The molecule has 0 aliphatic heterocycles. The molecular weight excluding hydrogens is 611 g/mol. The Morgan fingerprint density at radius 3 is 2.24 bits per heavy atom. The van der Waals surface area contributed by atoms with Crippen LogP contribution in [0.3, 0.4) is 0 Å². The molecule has 0 fully saturated rings. The molecule has 0 aliphatic rings. The van der Waals surface area contributed by atoms with E-state index in [0.717, 1.165) is 17.0 Å². The number of nitrogen functional groups attached to an aromatic ring is 1. The van der Waals surface area contributed by atoms with E-state index in [1.165, 1.54) is 24.3 Å². The zero-order valence-corrected chi connectivity index (χ0v) is 24.7. The number of hydrogen-bond acceptors (Lipinski definition) is 6. The second kappa shape index (κ2) is 13.2. The average molecular weight is 636 g/mol. The highest BCUT2D eigenvalue weighted by atomic mass is 35.5. The zero-order valence-electron chi connectivity index (χ0n) is 21.6. The van der Waals surface area contributed by atoms with E-state index in [1.807, 2.05) is 0 Å². The van der Waals surface area contributed by atoms with E-state index >= 15 is 0 Å². The van der Waals surface area contributed by atoms with Crippen molar-refractivity contribution in [3.63, 3.8) is 0 Å². The van der Waals surface area contributed by atoms with Crippen molar-refractivity contribution < 1.29 is 22.7 Å². The standard InChI is InChI=1S/C28H24Cl2N4O5S.ClH/c1-39-26(35)16-34(40(37,38)23-13-20(29)12-21(30)14-23)22-9-10-24-19(11-22)3-2-4-25(24)28(36)33-15-17-5-7-18(8-6-17)27(31)32;/h2-14H,15-16H2,1H3,(H3,31,32)(H,33,36);1H. The van der Waals surface area contributed by atoms with Gasteiger partial charge in [-0.15, -0.1) is 12.4 Å². The molecule has 0 unspecified atom stereocenters. The lowest BCUT2D eigenvalue weighted by Gasteiger charge is -2.24. The SMILES string of the molecule is COC(=O)CN(c1ccc2c(C(=O)NCc3ccc(C(=N)N)cc3)cccc2c1)S(=O)(=O)c1cc(Cl)cc(Cl)c1.Cl. The summed E-state index contributed by atoms with van der Waals surface area (Å²) >= 11 is 12.1. The number of carbonyl (C=O) groups excluding carboxylic acids is 2. The maximum absolute atomic E-state index is 13.6. The van der Waals surface area contributed by atoms with Gasteiger partial charge in [-0.2, -0.15) is 0 Å². The van der Waals surface area contributed by atoms with E-state index in [1.54, 1.807) is 54.6 Å². The molecule has 0 radical (unpaired) electrons. The van der Waals surface area contributed by atoms with E-state index in [0.29, 0.717) is 21.9 Å². The molecule has 214 valence electrons. The number of halogens is 3. The Morgan fingerprint density at radius 2 is 1.63 bits per heavy atom. The molecule has 4 aromatic carbocycles. The van der Waals surface area contributed by atoms with Gasteiger partial charge in [-0.25, -0.2) is 8.42 Å². The molecular formula is C28H25Cl3N4O5S. The second-order valence-electron chi connectivity index (χ2n) is 8.70. The summed E-state index contributed by atoms with van der Waals surface area (Å²) in [6.45, 7) is -0.351. The molecule has 0 aliphatic carbocycles. The lowest BCUT2D eigenvalue weighted by Crippen LogP contribution is -2.36. The van der Waals surface area contributed by atoms with Crippen LogP contribution < -0.4 is 15.4 Å². The van der Waals surface area contributed by atoms with Gasteiger partial charge in [0.15, 0.2) is 0 Å². The number of esters is 1. The van der Waals surface area contributed by atoms with Crippen molar-refractivity contribution in [3.05, 3.63) is 106 Å². The Labute approximate surface area is 253 Å². The number of nitrogens with one attached hydrogen (secondary N) is 2.